The Labute approximate surface area is 138 Å². The van der Waals surface area contributed by atoms with Crippen LogP contribution in [-0.4, -0.2) is 16.1 Å². The summed E-state index contributed by atoms with van der Waals surface area (Å²) in [5, 5.41) is 8.98. The highest BCUT2D eigenvalue weighted by Crippen LogP contribution is 2.24. The molecule has 0 aliphatic heterocycles. The van der Waals surface area contributed by atoms with E-state index in [9.17, 15) is 9.18 Å². The number of aromatic carboxylic acids is 1. The Balaban J connectivity index is 1.70. The SMILES string of the molecule is O=C(O)c1cccc(COc2ccc(-c3cccnc3F)cc2)c1. The van der Waals surface area contributed by atoms with E-state index in [0.29, 0.717) is 16.9 Å². The van der Waals surface area contributed by atoms with Gasteiger partial charge in [0.05, 0.1) is 5.56 Å². The number of pyridine rings is 1. The first-order valence-corrected chi connectivity index (χ1v) is 7.29. The second kappa shape index (κ2) is 6.91. The van der Waals surface area contributed by atoms with Gasteiger partial charge in [-0.2, -0.15) is 4.39 Å². The number of hydrogen-bond donors (Lipinski definition) is 1. The van der Waals surface area contributed by atoms with Gasteiger partial charge in [-0.05, 0) is 47.5 Å². The maximum Gasteiger partial charge on any atom is 0.335 e. The smallest absolute Gasteiger partial charge is 0.335 e. The van der Waals surface area contributed by atoms with Crippen LogP contribution in [-0.2, 0) is 6.61 Å². The van der Waals surface area contributed by atoms with Crippen molar-refractivity contribution in [2.75, 3.05) is 0 Å². The molecule has 3 aromatic rings. The van der Waals surface area contributed by atoms with Crippen molar-refractivity contribution in [1.29, 1.82) is 0 Å². The molecule has 5 heteroatoms. The second-order valence-corrected chi connectivity index (χ2v) is 5.16. The van der Waals surface area contributed by atoms with Gasteiger partial charge >= 0.3 is 5.97 Å². The number of aromatic nitrogens is 1. The van der Waals surface area contributed by atoms with E-state index < -0.39 is 11.9 Å². The van der Waals surface area contributed by atoms with Crippen molar-refractivity contribution in [3.8, 4) is 16.9 Å². The average Bonchev–Trinajstić information content (AvgIpc) is 2.61. The lowest BCUT2D eigenvalue weighted by molar-refractivity contribution is 0.0696. The molecule has 0 aliphatic rings. The highest BCUT2D eigenvalue weighted by Gasteiger charge is 2.06. The van der Waals surface area contributed by atoms with Crippen molar-refractivity contribution in [1.82, 2.24) is 4.98 Å². The molecule has 0 atom stereocenters. The molecular formula is C19H14FNO3. The maximum absolute atomic E-state index is 13.7. The molecule has 1 aromatic heterocycles. The Kier molecular flexibility index (Phi) is 4.52. The van der Waals surface area contributed by atoms with Gasteiger partial charge in [-0.1, -0.05) is 24.3 Å². The van der Waals surface area contributed by atoms with Gasteiger partial charge in [0.15, 0.2) is 0 Å². The molecule has 1 N–H and O–H groups in total. The predicted molar refractivity (Wildman–Crippen MR) is 87.4 cm³/mol. The number of hydrogen-bond acceptors (Lipinski definition) is 3. The molecule has 1 heterocycles. The van der Waals surface area contributed by atoms with Crippen molar-refractivity contribution in [2.45, 2.75) is 6.61 Å². The van der Waals surface area contributed by atoms with E-state index in [1.807, 2.05) is 0 Å². The topological polar surface area (TPSA) is 59.4 Å². The molecule has 2 aromatic carbocycles. The molecule has 4 nitrogen and oxygen atoms in total. The van der Waals surface area contributed by atoms with Gasteiger partial charge in [0.1, 0.15) is 12.4 Å². The van der Waals surface area contributed by atoms with E-state index in [0.717, 1.165) is 5.56 Å². The molecule has 0 saturated heterocycles. The molecule has 0 bridgehead atoms. The van der Waals surface area contributed by atoms with E-state index in [1.54, 1.807) is 54.6 Å². The van der Waals surface area contributed by atoms with Crippen molar-refractivity contribution >= 4 is 5.97 Å². The van der Waals surface area contributed by atoms with Crippen LogP contribution < -0.4 is 4.74 Å². The monoisotopic (exact) mass is 323 g/mol. The summed E-state index contributed by atoms with van der Waals surface area (Å²) in [5.41, 5.74) is 2.12. The molecule has 120 valence electrons. The van der Waals surface area contributed by atoms with Crippen LogP contribution in [0.2, 0.25) is 0 Å². The number of nitrogens with zero attached hydrogens (tertiary/aromatic N) is 1. The number of halogens is 1. The minimum atomic E-state index is -0.972. The molecule has 3 rings (SSSR count). The molecule has 0 spiro atoms. The zero-order valence-electron chi connectivity index (χ0n) is 12.6. The Hall–Kier alpha value is -3.21. The van der Waals surface area contributed by atoms with Crippen LogP contribution in [0.25, 0.3) is 11.1 Å². The lowest BCUT2D eigenvalue weighted by Crippen LogP contribution is -2.00. The summed E-state index contributed by atoms with van der Waals surface area (Å²) in [4.78, 5) is 14.6. The minimum absolute atomic E-state index is 0.221. The van der Waals surface area contributed by atoms with Gasteiger partial charge in [0.25, 0.3) is 0 Å². The third-order valence-corrected chi connectivity index (χ3v) is 3.50. The fourth-order valence-electron chi connectivity index (χ4n) is 2.29. The Morgan fingerprint density at radius 3 is 2.58 bits per heavy atom. The van der Waals surface area contributed by atoms with Gasteiger partial charge in [0.2, 0.25) is 5.95 Å². The minimum Gasteiger partial charge on any atom is -0.489 e. The fraction of sp³-hybridized carbons (Fsp3) is 0.0526. The molecule has 0 aliphatic carbocycles. The van der Waals surface area contributed by atoms with Crippen LogP contribution in [0.5, 0.6) is 5.75 Å². The van der Waals surface area contributed by atoms with Crippen LogP contribution in [0.1, 0.15) is 15.9 Å². The summed E-state index contributed by atoms with van der Waals surface area (Å²) in [6.45, 7) is 0.252. The van der Waals surface area contributed by atoms with Crippen molar-refractivity contribution in [3.63, 3.8) is 0 Å². The molecule has 0 radical (unpaired) electrons. The third-order valence-electron chi connectivity index (χ3n) is 3.50. The van der Waals surface area contributed by atoms with Crippen molar-refractivity contribution in [3.05, 3.63) is 83.9 Å². The van der Waals surface area contributed by atoms with Crippen LogP contribution in [0.15, 0.2) is 66.9 Å². The lowest BCUT2D eigenvalue weighted by atomic mass is 10.1. The number of benzene rings is 2. The van der Waals surface area contributed by atoms with Crippen molar-refractivity contribution < 1.29 is 19.0 Å². The summed E-state index contributed by atoms with van der Waals surface area (Å²) >= 11 is 0. The van der Waals surface area contributed by atoms with Gasteiger partial charge in [0, 0.05) is 11.8 Å². The summed E-state index contributed by atoms with van der Waals surface area (Å²) in [6, 6.07) is 16.9. The van der Waals surface area contributed by atoms with E-state index in [-0.39, 0.29) is 12.2 Å². The first-order valence-electron chi connectivity index (χ1n) is 7.29. The summed E-state index contributed by atoms with van der Waals surface area (Å²) < 4.78 is 19.3. The summed E-state index contributed by atoms with van der Waals surface area (Å²) in [6.07, 6.45) is 1.40. The standard InChI is InChI=1S/C19H14FNO3/c20-18-17(5-2-10-21-18)14-6-8-16(9-7-14)24-12-13-3-1-4-15(11-13)19(22)23/h1-11H,12H2,(H,22,23). The number of rotatable bonds is 5. The Bertz CT molecular complexity index is 862. The number of carboxylic acid groups (broad SMARTS) is 1. The van der Waals surface area contributed by atoms with E-state index in [2.05, 4.69) is 4.98 Å². The van der Waals surface area contributed by atoms with Gasteiger partial charge in [-0.25, -0.2) is 9.78 Å². The Morgan fingerprint density at radius 2 is 1.88 bits per heavy atom. The number of ether oxygens (including phenoxy) is 1. The molecule has 24 heavy (non-hydrogen) atoms. The highest BCUT2D eigenvalue weighted by atomic mass is 19.1. The summed E-state index contributed by atoms with van der Waals surface area (Å²) in [5.74, 6) is -0.875. The van der Waals surface area contributed by atoms with Gasteiger partial charge in [-0.3, -0.25) is 0 Å². The molecular weight excluding hydrogens is 309 g/mol. The maximum atomic E-state index is 13.7. The van der Waals surface area contributed by atoms with Crippen molar-refractivity contribution in [2.24, 2.45) is 0 Å². The quantitative estimate of drug-likeness (QED) is 0.716. The van der Waals surface area contributed by atoms with Crippen LogP contribution in [0, 0.1) is 5.95 Å². The third kappa shape index (κ3) is 3.57. The summed E-state index contributed by atoms with van der Waals surface area (Å²) in [7, 11) is 0. The number of carbonyl (C=O) groups is 1. The van der Waals surface area contributed by atoms with Crippen LogP contribution in [0.4, 0.5) is 4.39 Å². The van der Waals surface area contributed by atoms with Gasteiger partial charge in [-0.15, -0.1) is 0 Å². The molecule has 0 amide bonds. The van der Waals surface area contributed by atoms with Crippen LogP contribution in [0.3, 0.4) is 0 Å². The molecule has 0 unspecified atom stereocenters. The average molecular weight is 323 g/mol. The first-order chi connectivity index (χ1) is 11.6. The zero-order chi connectivity index (χ0) is 16.9. The zero-order valence-corrected chi connectivity index (χ0v) is 12.6. The molecule has 0 saturated carbocycles. The largest absolute Gasteiger partial charge is 0.489 e. The second-order valence-electron chi connectivity index (χ2n) is 5.16. The van der Waals surface area contributed by atoms with E-state index in [4.69, 9.17) is 9.84 Å². The predicted octanol–water partition coefficient (Wildman–Crippen LogP) is 4.16. The Morgan fingerprint density at radius 1 is 1.08 bits per heavy atom. The first kappa shape index (κ1) is 15.7. The fourth-order valence-corrected chi connectivity index (χ4v) is 2.29. The van der Waals surface area contributed by atoms with Crippen LogP contribution >= 0.6 is 0 Å². The van der Waals surface area contributed by atoms with Gasteiger partial charge < -0.3 is 9.84 Å². The lowest BCUT2D eigenvalue weighted by Gasteiger charge is -2.08. The normalized spacial score (nSPS) is 10.4. The number of carboxylic acids is 1. The molecule has 0 fully saturated rings. The highest BCUT2D eigenvalue weighted by molar-refractivity contribution is 5.87. The van der Waals surface area contributed by atoms with E-state index in [1.165, 1.54) is 12.3 Å². The van der Waals surface area contributed by atoms with E-state index >= 15 is 0 Å².